The molecule has 1 atom stereocenters. The highest BCUT2D eigenvalue weighted by atomic mass is 19.1. The highest BCUT2D eigenvalue weighted by molar-refractivity contribution is 5.83. The van der Waals surface area contributed by atoms with Gasteiger partial charge in [0.25, 0.3) is 0 Å². The van der Waals surface area contributed by atoms with Crippen LogP contribution < -0.4 is 10.1 Å². The fourth-order valence-electron chi connectivity index (χ4n) is 2.55. The molecule has 0 aliphatic carbocycles. The Hall–Kier alpha value is -2.30. The molecule has 0 bridgehead atoms. The molecular formula is C17H20FN3O. The lowest BCUT2D eigenvalue weighted by molar-refractivity contribution is 0.340. The first kappa shape index (κ1) is 14.6. The van der Waals surface area contributed by atoms with Crippen LogP contribution in [0.5, 0.6) is 5.75 Å². The van der Waals surface area contributed by atoms with Crippen molar-refractivity contribution in [1.82, 2.24) is 9.38 Å². The van der Waals surface area contributed by atoms with Gasteiger partial charge >= 0.3 is 0 Å². The van der Waals surface area contributed by atoms with Crippen molar-refractivity contribution >= 4 is 22.4 Å². The molecule has 3 aromatic rings. The van der Waals surface area contributed by atoms with Crippen LogP contribution in [0.25, 0.3) is 16.7 Å². The highest BCUT2D eigenvalue weighted by Gasteiger charge is 2.09. The van der Waals surface area contributed by atoms with E-state index in [1.165, 1.54) is 0 Å². The summed E-state index contributed by atoms with van der Waals surface area (Å²) in [4.78, 5) is 4.62. The number of rotatable bonds is 5. The summed E-state index contributed by atoms with van der Waals surface area (Å²) in [6.45, 7) is 4.17. The molecule has 2 heterocycles. The van der Waals surface area contributed by atoms with E-state index in [0.717, 1.165) is 33.7 Å². The van der Waals surface area contributed by atoms with Gasteiger partial charge in [-0.05, 0) is 31.0 Å². The maximum Gasteiger partial charge on any atom is 0.139 e. The Morgan fingerprint density at radius 1 is 1.36 bits per heavy atom. The van der Waals surface area contributed by atoms with Crippen LogP contribution >= 0.6 is 0 Å². The van der Waals surface area contributed by atoms with Crippen LogP contribution in [-0.2, 0) is 0 Å². The maximum atomic E-state index is 13.3. The molecule has 0 radical (unpaired) electrons. The third kappa shape index (κ3) is 2.58. The molecule has 0 aliphatic heterocycles. The van der Waals surface area contributed by atoms with Crippen molar-refractivity contribution in [3.05, 3.63) is 36.0 Å². The highest BCUT2D eigenvalue weighted by Crippen LogP contribution is 2.26. The number of aryl methyl sites for hydroxylation is 1. The van der Waals surface area contributed by atoms with E-state index < -0.39 is 6.17 Å². The molecule has 0 aliphatic rings. The first-order valence-corrected chi connectivity index (χ1v) is 7.46. The van der Waals surface area contributed by atoms with Crippen molar-refractivity contribution in [3.8, 4) is 5.75 Å². The van der Waals surface area contributed by atoms with Crippen molar-refractivity contribution in [2.75, 3.05) is 19.0 Å². The van der Waals surface area contributed by atoms with Gasteiger partial charge in [-0.3, -0.25) is 4.40 Å². The van der Waals surface area contributed by atoms with Crippen molar-refractivity contribution < 1.29 is 9.13 Å². The molecule has 1 unspecified atom stereocenters. The normalized spacial score (nSPS) is 12.7. The number of benzene rings is 1. The SMILES string of the molecule is CCC(F)CNc1ccn2c(c1)nc1cc(OC)c(C)cc12. The number of fused-ring (bicyclic) bond motifs is 3. The smallest absolute Gasteiger partial charge is 0.139 e. The minimum absolute atomic E-state index is 0.319. The number of nitrogens with zero attached hydrogens (tertiary/aromatic N) is 2. The number of aromatic nitrogens is 2. The molecule has 0 spiro atoms. The third-order valence-corrected chi connectivity index (χ3v) is 3.89. The van der Waals surface area contributed by atoms with Crippen LogP contribution in [-0.4, -0.2) is 29.2 Å². The number of alkyl halides is 1. The maximum absolute atomic E-state index is 13.3. The number of pyridine rings is 1. The zero-order valence-corrected chi connectivity index (χ0v) is 13.1. The number of hydrogen-bond donors (Lipinski definition) is 1. The number of ether oxygens (including phenoxy) is 1. The zero-order chi connectivity index (χ0) is 15.7. The summed E-state index contributed by atoms with van der Waals surface area (Å²) in [6, 6.07) is 7.88. The molecule has 116 valence electrons. The lowest BCUT2D eigenvalue weighted by atomic mass is 10.2. The van der Waals surface area contributed by atoms with E-state index in [0.29, 0.717) is 13.0 Å². The Bertz CT molecular complexity index is 812. The van der Waals surface area contributed by atoms with Gasteiger partial charge in [0.1, 0.15) is 17.6 Å². The summed E-state index contributed by atoms with van der Waals surface area (Å²) in [6.07, 6.45) is 1.64. The molecule has 4 nitrogen and oxygen atoms in total. The standard InChI is InChI=1S/C17H20FN3O/c1-4-12(18)10-19-13-5-6-21-15-7-11(2)16(22-3)9-14(15)20-17(21)8-13/h5-9,12,19H,4,10H2,1-3H3. The second kappa shape index (κ2) is 5.83. The molecule has 3 rings (SSSR count). The summed E-state index contributed by atoms with van der Waals surface area (Å²) < 4.78 is 20.7. The number of anilines is 1. The fourth-order valence-corrected chi connectivity index (χ4v) is 2.55. The first-order chi connectivity index (χ1) is 10.6. The largest absolute Gasteiger partial charge is 0.496 e. The van der Waals surface area contributed by atoms with E-state index in [1.54, 1.807) is 7.11 Å². The van der Waals surface area contributed by atoms with Crippen molar-refractivity contribution in [3.63, 3.8) is 0 Å². The quantitative estimate of drug-likeness (QED) is 0.775. The number of methoxy groups -OCH3 is 1. The molecule has 1 N–H and O–H groups in total. The molecule has 0 saturated carbocycles. The van der Waals surface area contributed by atoms with Crippen molar-refractivity contribution in [2.24, 2.45) is 0 Å². The van der Waals surface area contributed by atoms with Crippen molar-refractivity contribution in [1.29, 1.82) is 0 Å². The lowest BCUT2D eigenvalue weighted by Gasteiger charge is -2.09. The van der Waals surface area contributed by atoms with Gasteiger partial charge in [-0.2, -0.15) is 0 Å². The van der Waals surface area contributed by atoms with Gasteiger partial charge < -0.3 is 10.1 Å². The molecule has 0 saturated heterocycles. The average molecular weight is 301 g/mol. The summed E-state index contributed by atoms with van der Waals surface area (Å²) in [5.41, 5.74) is 4.71. The van der Waals surface area contributed by atoms with Crippen LogP contribution in [0.1, 0.15) is 18.9 Å². The fraction of sp³-hybridized carbons (Fsp3) is 0.353. The van der Waals surface area contributed by atoms with E-state index in [9.17, 15) is 4.39 Å². The van der Waals surface area contributed by atoms with Gasteiger partial charge in [0, 0.05) is 30.6 Å². The first-order valence-electron chi connectivity index (χ1n) is 7.46. The summed E-state index contributed by atoms with van der Waals surface area (Å²) in [5, 5.41) is 3.11. The summed E-state index contributed by atoms with van der Waals surface area (Å²) in [5.74, 6) is 0.831. The number of imidazole rings is 1. The van der Waals surface area contributed by atoms with E-state index in [2.05, 4.69) is 16.4 Å². The Kier molecular flexibility index (Phi) is 3.88. The molecule has 1 aromatic carbocycles. The number of hydrogen-bond acceptors (Lipinski definition) is 3. The summed E-state index contributed by atoms with van der Waals surface area (Å²) in [7, 11) is 1.66. The minimum atomic E-state index is -0.832. The topological polar surface area (TPSA) is 38.6 Å². The van der Waals surface area contributed by atoms with Crippen LogP contribution in [0.3, 0.4) is 0 Å². The number of nitrogens with one attached hydrogen (secondary N) is 1. The molecule has 0 fully saturated rings. The van der Waals surface area contributed by atoms with Crippen LogP contribution in [0.2, 0.25) is 0 Å². The van der Waals surface area contributed by atoms with Gasteiger partial charge in [-0.25, -0.2) is 9.37 Å². The van der Waals surface area contributed by atoms with Gasteiger partial charge in [0.05, 0.1) is 18.1 Å². The van der Waals surface area contributed by atoms with E-state index >= 15 is 0 Å². The van der Waals surface area contributed by atoms with Crippen LogP contribution in [0.4, 0.5) is 10.1 Å². The van der Waals surface area contributed by atoms with Gasteiger partial charge in [-0.1, -0.05) is 6.92 Å². The van der Waals surface area contributed by atoms with E-state index in [4.69, 9.17) is 4.74 Å². The van der Waals surface area contributed by atoms with E-state index in [1.807, 2.05) is 42.6 Å². The lowest BCUT2D eigenvalue weighted by Crippen LogP contribution is -2.14. The van der Waals surface area contributed by atoms with Crippen LogP contribution in [0, 0.1) is 6.92 Å². The van der Waals surface area contributed by atoms with Gasteiger partial charge in [0.2, 0.25) is 0 Å². The Morgan fingerprint density at radius 3 is 2.91 bits per heavy atom. The average Bonchev–Trinajstić information content (AvgIpc) is 2.88. The Labute approximate surface area is 128 Å². The predicted molar refractivity (Wildman–Crippen MR) is 87.7 cm³/mol. The van der Waals surface area contributed by atoms with Gasteiger partial charge in [-0.15, -0.1) is 0 Å². The Balaban J connectivity index is 2.00. The molecule has 5 heteroatoms. The molecule has 2 aromatic heterocycles. The minimum Gasteiger partial charge on any atom is -0.496 e. The van der Waals surface area contributed by atoms with Crippen LogP contribution in [0.15, 0.2) is 30.5 Å². The van der Waals surface area contributed by atoms with E-state index in [-0.39, 0.29) is 0 Å². The monoisotopic (exact) mass is 301 g/mol. The second-order valence-corrected chi connectivity index (χ2v) is 5.45. The third-order valence-electron chi connectivity index (χ3n) is 3.89. The summed E-state index contributed by atoms with van der Waals surface area (Å²) >= 11 is 0. The molecule has 22 heavy (non-hydrogen) atoms. The van der Waals surface area contributed by atoms with Gasteiger partial charge in [0.15, 0.2) is 0 Å². The molecular weight excluding hydrogens is 281 g/mol. The number of halogens is 1. The van der Waals surface area contributed by atoms with Crippen molar-refractivity contribution in [2.45, 2.75) is 26.4 Å². The zero-order valence-electron chi connectivity index (χ0n) is 13.1. The predicted octanol–water partition coefficient (Wildman–Crippen LogP) is 3.96. The molecule has 0 amide bonds. The Morgan fingerprint density at radius 2 is 2.18 bits per heavy atom. The second-order valence-electron chi connectivity index (χ2n) is 5.45.